The number of nitrogens with one attached hydrogen (secondary N) is 1. The largest absolute Gasteiger partial charge is 0.461 e. The second kappa shape index (κ2) is 5.20. The van der Waals surface area contributed by atoms with Crippen LogP contribution in [0.5, 0.6) is 0 Å². The minimum atomic E-state index is 0.701. The Morgan fingerprint density at radius 1 is 1.11 bits per heavy atom. The lowest BCUT2D eigenvalue weighted by Gasteiger charge is -2.03. The fourth-order valence-corrected chi connectivity index (χ4v) is 2.18. The molecule has 0 aliphatic rings. The van der Waals surface area contributed by atoms with E-state index in [1.807, 2.05) is 37.3 Å². The average Bonchev–Trinajstić information content (AvgIpc) is 2.76. The van der Waals surface area contributed by atoms with Crippen molar-refractivity contribution in [2.45, 2.75) is 20.0 Å². The lowest BCUT2D eigenvalue weighted by Crippen LogP contribution is -2.14. The number of hydrogen-bond donors (Lipinski definition) is 1. The maximum atomic E-state index is 5.73. The lowest BCUT2D eigenvalue weighted by molar-refractivity contribution is 0.564. The maximum absolute atomic E-state index is 5.73. The molecule has 0 amide bonds. The molecule has 0 aliphatic heterocycles. The van der Waals surface area contributed by atoms with E-state index < -0.39 is 0 Å². The molecule has 1 N–H and O–H groups in total. The monoisotopic (exact) mass is 253 g/mol. The van der Waals surface area contributed by atoms with Gasteiger partial charge in [0, 0.05) is 30.2 Å². The smallest absolute Gasteiger partial charge is 0.134 e. The van der Waals surface area contributed by atoms with Gasteiger partial charge in [-0.15, -0.1) is 0 Å². The van der Waals surface area contributed by atoms with Gasteiger partial charge in [-0.05, 0) is 25.1 Å². The quantitative estimate of drug-likeness (QED) is 0.776. The highest BCUT2D eigenvalue weighted by molar-refractivity contribution is 5.82. The van der Waals surface area contributed by atoms with Gasteiger partial charge < -0.3 is 9.73 Å². The van der Waals surface area contributed by atoms with Crippen molar-refractivity contribution in [1.29, 1.82) is 0 Å². The first-order chi connectivity index (χ1) is 9.34. The molecule has 0 fully saturated rings. The van der Waals surface area contributed by atoms with Crippen LogP contribution in [0.15, 0.2) is 47.0 Å². The molecule has 19 heavy (non-hydrogen) atoms. The van der Waals surface area contributed by atoms with Crippen LogP contribution in [-0.2, 0) is 13.1 Å². The zero-order chi connectivity index (χ0) is 13.1. The van der Waals surface area contributed by atoms with Crippen molar-refractivity contribution in [3.05, 3.63) is 59.6 Å². The Labute approximate surface area is 111 Å². The maximum Gasteiger partial charge on any atom is 0.134 e. The third kappa shape index (κ3) is 2.48. The average molecular weight is 253 g/mol. The normalized spacial score (nSPS) is 11.0. The minimum Gasteiger partial charge on any atom is -0.461 e. The number of aryl methyl sites for hydroxylation is 1. The summed E-state index contributed by atoms with van der Waals surface area (Å²) in [6, 6.07) is 12.0. The Balaban J connectivity index is 1.73. The van der Waals surface area contributed by atoms with Crippen LogP contribution < -0.4 is 5.32 Å². The van der Waals surface area contributed by atoms with Gasteiger partial charge in [-0.1, -0.05) is 18.2 Å². The Hall–Kier alpha value is -2.20. The third-order valence-corrected chi connectivity index (χ3v) is 3.14. The van der Waals surface area contributed by atoms with Gasteiger partial charge in [0.15, 0.2) is 0 Å². The van der Waals surface area contributed by atoms with Gasteiger partial charge >= 0.3 is 0 Å². The molecule has 0 saturated carbocycles. The number of nitrogens with zero attached hydrogens (tertiary/aromatic N) is 2. The van der Waals surface area contributed by atoms with Gasteiger partial charge in [-0.25, -0.2) is 0 Å². The number of furan rings is 1. The molecule has 1 aromatic carbocycles. The molecular weight excluding hydrogens is 238 g/mol. The molecule has 2 aromatic heterocycles. The number of fused-ring (bicyclic) bond motifs is 1. The molecule has 0 spiro atoms. The summed E-state index contributed by atoms with van der Waals surface area (Å²) in [5.74, 6) is 0.966. The van der Waals surface area contributed by atoms with E-state index in [0.29, 0.717) is 6.54 Å². The zero-order valence-corrected chi connectivity index (χ0v) is 10.8. The molecule has 3 rings (SSSR count). The summed E-state index contributed by atoms with van der Waals surface area (Å²) in [4.78, 5) is 0. The first-order valence-corrected chi connectivity index (χ1v) is 6.29. The highest BCUT2D eigenvalue weighted by Crippen LogP contribution is 2.24. The summed E-state index contributed by atoms with van der Waals surface area (Å²) in [7, 11) is 0. The van der Waals surface area contributed by atoms with E-state index in [2.05, 4.69) is 21.6 Å². The third-order valence-electron chi connectivity index (χ3n) is 3.14. The Bertz CT molecular complexity index is 676. The molecule has 96 valence electrons. The standard InChI is InChI=1S/C15H15N3O/c1-11-14(13-6-2-3-7-15(13)19-11)10-16-9-12-5-4-8-17-18-12/h2-8,16H,9-10H2,1H3. The fourth-order valence-electron chi connectivity index (χ4n) is 2.18. The molecule has 0 saturated heterocycles. The minimum absolute atomic E-state index is 0.701. The Morgan fingerprint density at radius 3 is 2.84 bits per heavy atom. The van der Waals surface area contributed by atoms with Gasteiger partial charge in [0.1, 0.15) is 11.3 Å². The predicted octanol–water partition coefficient (Wildman–Crippen LogP) is 2.82. The van der Waals surface area contributed by atoms with Crippen LogP contribution in [0.1, 0.15) is 17.0 Å². The highest BCUT2D eigenvalue weighted by Gasteiger charge is 2.09. The number of para-hydroxylation sites is 1. The van der Waals surface area contributed by atoms with Gasteiger partial charge in [-0.2, -0.15) is 10.2 Å². The molecule has 3 aromatic rings. The SMILES string of the molecule is Cc1oc2ccccc2c1CNCc1cccnn1. The van der Waals surface area contributed by atoms with Crippen LogP contribution in [0.25, 0.3) is 11.0 Å². The Morgan fingerprint density at radius 2 is 2.00 bits per heavy atom. The number of hydrogen-bond acceptors (Lipinski definition) is 4. The number of benzene rings is 1. The van der Waals surface area contributed by atoms with Crippen LogP contribution in [-0.4, -0.2) is 10.2 Å². The summed E-state index contributed by atoms with van der Waals surface area (Å²) >= 11 is 0. The van der Waals surface area contributed by atoms with Crippen LogP contribution in [0.3, 0.4) is 0 Å². The molecule has 4 heteroatoms. The van der Waals surface area contributed by atoms with Crippen LogP contribution in [0.2, 0.25) is 0 Å². The van der Waals surface area contributed by atoms with Gasteiger partial charge in [0.05, 0.1) is 5.69 Å². The molecule has 0 aliphatic carbocycles. The summed E-state index contributed by atoms with van der Waals surface area (Å²) in [6.45, 7) is 3.46. The second-order valence-electron chi connectivity index (χ2n) is 4.45. The van der Waals surface area contributed by atoms with Crippen molar-refractivity contribution in [3.63, 3.8) is 0 Å². The van der Waals surface area contributed by atoms with Crippen molar-refractivity contribution in [2.24, 2.45) is 0 Å². The summed E-state index contributed by atoms with van der Waals surface area (Å²) < 4.78 is 5.73. The van der Waals surface area contributed by atoms with E-state index in [0.717, 1.165) is 23.6 Å². The summed E-state index contributed by atoms with van der Waals surface area (Å²) in [5.41, 5.74) is 3.09. The molecule has 0 radical (unpaired) electrons. The van der Waals surface area contributed by atoms with E-state index in [1.165, 1.54) is 10.9 Å². The predicted molar refractivity (Wildman–Crippen MR) is 73.5 cm³/mol. The van der Waals surface area contributed by atoms with Crippen molar-refractivity contribution >= 4 is 11.0 Å². The van der Waals surface area contributed by atoms with E-state index >= 15 is 0 Å². The van der Waals surface area contributed by atoms with Gasteiger partial charge in [-0.3, -0.25) is 0 Å². The van der Waals surface area contributed by atoms with Crippen molar-refractivity contribution < 1.29 is 4.42 Å². The molecular formula is C15H15N3O. The second-order valence-corrected chi connectivity index (χ2v) is 4.45. The van der Waals surface area contributed by atoms with Crippen LogP contribution >= 0.6 is 0 Å². The highest BCUT2D eigenvalue weighted by atomic mass is 16.3. The van der Waals surface area contributed by atoms with E-state index in [-0.39, 0.29) is 0 Å². The van der Waals surface area contributed by atoms with Crippen LogP contribution in [0, 0.1) is 6.92 Å². The number of aromatic nitrogens is 2. The lowest BCUT2D eigenvalue weighted by atomic mass is 10.1. The fraction of sp³-hybridized carbons (Fsp3) is 0.200. The first kappa shape index (κ1) is 11.9. The molecule has 0 unspecified atom stereocenters. The van der Waals surface area contributed by atoms with Gasteiger partial charge in [0.25, 0.3) is 0 Å². The summed E-state index contributed by atoms with van der Waals surface area (Å²) in [6.07, 6.45) is 1.68. The molecule has 2 heterocycles. The van der Waals surface area contributed by atoms with Gasteiger partial charge in [0.2, 0.25) is 0 Å². The molecule has 0 bridgehead atoms. The van der Waals surface area contributed by atoms with Crippen LogP contribution in [0.4, 0.5) is 0 Å². The van der Waals surface area contributed by atoms with E-state index in [4.69, 9.17) is 4.42 Å². The molecule has 4 nitrogen and oxygen atoms in total. The van der Waals surface area contributed by atoms with E-state index in [9.17, 15) is 0 Å². The number of rotatable bonds is 4. The Kier molecular flexibility index (Phi) is 3.25. The summed E-state index contributed by atoms with van der Waals surface area (Å²) in [5, 5.41) is 12.5. The van der Waals surface area contributed by atoms with Crippen molar-refractivity contribution in [1.82, 2.24) is 15.5 Å². The van der Waals surface area contributed by atoms with Crippen molar-refractivity contribution in [3.8, 4) is 0 Å². The van der Waals surface area contributed by atoms with E-state index in [1.54, 1.807) is 6.20 Å². The zero-order valence-electron chi connectivity index (χ0n) is 10.8. The topological polar surface area (TPSA) is 51.0 Å². The molecule has 0 atom stereocenters. The van der Waals surface area contributed by atoms with Crippen molar-refractivity contribution in [2.75, 3.05) is 0 Å². The first-order valence-electron chi connectivity index (χ1n) is 6.29.